The van der Waals surface area contributed by atoms with Crippen molar-refractivity contribution in [2.75, 3.05) is 18.6 Å². The molecule has 0 fully saturated rings. The number of rotatable bonds is 8. The number of Topliss-reactive ketones (excluding diaryl/α,β-unsaturated/α-hetero) is 1. The third-order valence-corrected chi connectivity index (χ3v) is 4.19. The fourth-order valence-corrected chi connectivity index (χ4v) is 2.60. The van der Waals surface area contributed by atoms with Crippen LogP contribution in [0.4, 0.5) is 17.6 Å². The zero-order chi connectivity index (χ0) is 17.8. The maximum atomic E-state index is 13.4. The van der Waals surface area contributed by atoms with E-state index in [1.54, 1.807) is 6.92 Å². The lowest BCUT2D eigenvalue weighted by atomic mass is 9.99. The molecule has 1 aromatic rings. The van der Waals surface area contributed by atoms with Crippen LogP contribution in [0, 0.1) is 29.2 Å². The van der Waals surface area contributed by atoms with Gasteiger partial charge in [0.25, 0.3) is 0 Å². The molecule has 23 heavy (non-hydrogen) atoms. The minimum atomic E-state index is -3.27. The Kier molecular flexibility index (Phi) is 6.55. The summed E-state index contributed by atoms with van der Waals surface area (Å²) >= 11 is 0. The molecule has 0 aliphatic rings. The Labute approximate surface area is 131 Å². The molecule has 0 amide bonds. The first kappa shape index (κ1) is 19.4. The van der Waals surface area contributed by atoms with Gasteiger partial charge in [0.2, 0.25) is 11.6 Å². The molecule has 4 nitrogen and oxygen atoms in total. The minimum absolute atomic E-state index is 0.0278. The van der Waals surface area contributed by atoms with E-state index in [1.807, 2.05) is 0 Å². The smallest absolute Gasteiger partial charge is 0.203 e. The number of halogens is 4. The van der Waals surface area contributed by atoms with E-state index in [1.165, 1.54) is 0 Å². The van der Waals surface area contributed by atoms with Crippen LogP contribution in [0.1, 0.15) is 19.8 Å². The second kappa shape index (κ2) is 7.76. The Balaban J connectivity index is 2.79. The molecule has 0 aromatic heterocycles. The van der Waals surface area contributed by atoms with Gasteiger partial charge in [-0.15, -0.1) is 0 Å². The number of hydrogen-bond donors (Lipinski definition) is 0. The molecule has 0 N–H and O–H groups in total. The van der Waals surface area contributed by atoms with E-state index in [9.17, 15) is 30.8 Å². The molecule has 0 spiro atoms. The molecule has 1 rings (SSSR count). The van der Waals surface area contributed by atoms with Crippen LogP contribution in [0.15, 0.2) is 6.07 Å². The summed E-state index contributed by atoms with van der Waals surface area (Å²) in [6.07, 6.45) is 1.33. The molecule has 0 heterocycles. The lowest BCUT2D eigenvalue weighted by Gasteiger charge is -2.14. The second-order valence-corrected chi connectivity index (χ2v) is 7.34. The first-order chi connectivity index (χ1) is 10.6. The first-order valence-electron chi connectivity index (χ1n) is 6.73. The molecule has 0 aliphatic carbocycles. The van der Waals surface area contributed by atoms with Crippen molar-refractivity contribution in [2.24, 2.45) is 5.92 Å². The highest BCUT2D eigenvalue weighted by atomic mass is 32.2. The van der Waals surface area contributed by atoms with E-state index in [-0.39, 0.29) is 18.2 Å². The topological polar surface area (TPSA) is 60.4 Å². The average Bonchev–Trinajstić information content (AvgIpc) is 2.44. The third kappa shape index (κ3) is 5.49. The summed E-state index contributed by atoms with van der Waals surface area (Å²) in [6, 6.07) is 0.0281. The van der Waals surface area contributed by atoms with Crippen LogP contribution in [-0.2, 0) is 14.6 Å². The summed E-state index contributed by atoms with van der Waals surface area (Å²) in [5.74, 6) is -9.61. The lowest BCUT2D eigenvalue weighted by molar-refractivity contribution is -0.125. The molecular formula is C14H16F4O4S. The fraction of sp³-hybridized carbons (Fsp3) is 0.500. The molecular weight excluding hydrogens is 340 g/mol. The van der Waals surface area contributed by atoms with Gasteiger partial charge in [-0.05, 0) is 12.8 Å². The maximum Gasteiger partial charge on any atom is 0.203 e. The van der Waals surface area contributed by atoms with Crippen molar-refractivity contribution < 1.29 is 35.5 Å². The van der Waals surface area contributed by atoms with Gasteiger partial charge >= 0.3 is 0 Å². The van der Waals surface area contributed by atoms with Gasteiger partial charge in [-0.1, -0.05) is 6.92 Å². The quantitative estimate of drug-likeness (QED) is 0.531. The Morgan fingerprint density at radius 3 is 2.13 bits per heavy atom. The van der Waals surface area contributed by atoms with E-state index in [0.29, 0.717) is 6.42 Å². The van der Waals surface area contributed by atoms with Gasteiger partial charge in [-0.25, -0.2) is 17.2 Å². The van der Waals surface area contributed by atoms with Gasteiger partial charge in [-0.3, -0.25) is 4.79 Å². The van der Waals surface area contributed by atoms with Crippen LogP contribution in [0.5, 0.6) is 5.75 Å². The van der Waals surface area contributed by atoms with Crippen molar-refractivity contribution in [2.45, 2.75) is 19.8 Å². The zero-order valence-electron chi connectivity index (χ0n) is 12.5. The largest absolute Gasteiger partial charge is 0.480 e. The number of ketones is 1. The van der Waals surface area contributed by atoms with Gasteiger partial charge in [0, 0.05) is 18.2 Å². The summed E-state index contributed by atoms with van der Waals surface area (Å²) in [5, 5.41) is 0. The molecule has 0 saturated carbocycles. The highest BCUT2D eigenvalue weighted by molar-refractivity contribution is 7.90. The molecule has 1 unspecified atom stereocenters. The van der Waals surface area contributed by atoms with Gasteiger partial charge in [0.1, 0.15) is 16.4 Å². The summed E-state index contributed by atoms with van der Waals surface area (Å²) < 4.78 is 79.5. The molecule has 0 saturated heterocycles. The van der Waals surface area contributed by atoms with Crippen LogP contribution in [0.2, 0.25) is 0 Å². The van der Waals surface area contributed by atoms with Crippen molar-refractivity contribution in [3.8, 4) is 5.75 Å². The second-order valence-electron chi connectivity index (χ2n) is 5.08. The Bertz CT molecular complexity index is 662. The molecule has 0 radical (unpaired) electrons. The number of sulfone groups is 1. The molecule has 130 valence electrons. The van der Waals surface area contributed by atoms with Crippen LogP contribution >= 0.6 is 0 Å². The zero-order valence-corrected chi connectivity index (χ0v) is 13.4. The van der Waals surface area contributed by atoms with Crippen LogP contribution < -0.4 is 4.74 Å². The predicted molar refractivity (Wildman–Crippen MR) is 74.9 cm³/mol. The molecule has 9 heteroatoms. The van der Waals surface area contributed by atoms with Crippen LogP contribution in [0.3, 0.4) is 0 Å². The maximum absolute atomic E-state index is 13.4. The van der Waals surface area contributed by atoms with Crippen LogP contribution in [0.25, 0.3) is 0 Å². The molecule has 0 aliphatic heterocycles. The van der Waals surface area contributed by atoms with Gasteiger partial charge < -0.3 is 4.74 Å². The highest BCUT2D eigenvalue weighted by Crippen LogP contribution is 2.26. The van der Waals surface area contributed by atoms with Gasteiger partial charge in [0.15, 0.2) is 23.2 Å². The highest BCUT2D eigenvalue weighted by Gasteiger charge is 2.24. The van der Waals surface area contributed by atoms with Crippen molar-refractivity contribution in [3.63, 3.8) is 0 Å². The summed E-state index contributed by atoms with van der Waals surface area (Å²) in [4.78, 5) is 11.9. The summed E-state index contributed by atoms with van der Waals surface area (Å²) in [5.41, 5.74) is 0. The normalized spacial score (nSPS) is 13.0. The predicted octanol–water partition coefficient (Wildman–Crippen LogP) is 2.65. The average molecular weight is 356 g/mol. The van der Waals surface area contributed by atoms with Crippen molar-refractivity contribution in [1.82, 2.24) is 0 Å². The van der Waals surface area contributed by atoms with Gasteiger partial charge in [0.05, 0.1) is 5.75 Å². The number of hydrogen-bond acceptors (Lipinski definition) is 4. The Morgan fingerprint density at radius 2 is 1.70 bits per heavy atom. The fourth-order valence-electron chi connectivity index (χ4n) is 1.89. The monoisotopic (exact) mass is 356 g/mol. The van der Waals surface area contributed by atoms with E-state index in [2.05, 4.69) is 4.74 Å². The van der Waals surface area contributed by atoms with Gasteiger partial charge in [-0.2, -0.15) is 8.78 Å². The van der Waals surface area contributed by atoms with Crippen molar-refractivity contribution in [1.29, 1.82) is 0 Å². The lowest BCUT2D eigenvalue weighted by Crippen LogP contribution is -2.24. The summed E-state index contributed by atoms with van der Waals surface area (Å²) in [6.45, 7) is 0.812. The number of carbonyl (C=O) groups is 1. The first-order valence-corrected chi connectivity index (χ1v) is 8.79. The number of benzene rings is 1. The Morgan fingerprint density at radius 1 is 1.17 bits per heavy atom. The molecule has 1 atom stereocenters. The van der Waals surface area contributed by atoms with Crippen molar-refractivity contribution in [3.05, 3.63) is 29.3 Å². The number of ether oxygens (including phenoxy) is 1. The van der Waals surface area contributed by atoms with E-state index < -0.39 is 57.2 Å². The summed E-state index contributed by atoms with van der Waals surface area (Å²) in [7, 11) is -3.27. The standard InChI is InChI=1S/C14H16F4O4S/c1-3-8(4-5-23(2,20)21)11(19)7-22-14-12(17)9(15)6-10(16)13(14)18/h6,8H,3-5,7H2,1-2H3. The van der Waals surface area contributed by atoms with E-state index in [4.69, 9.17) is 0 Å². The molecule has 1 aromatic carbocycles. The SMILES string of the molecule is CCC(CCS(C)(=O)=O)C(=O)COc1c(F)c(F)cc(F)c1F. The number of carbonyl (C=O) groups excluding carboxylic acids is 1. The van der Waals surface area contributed by atoms with Crippen LogP contribution in [-0.4, -0.2) is 32.8 Å². The van der Waals surface area contributed by atoms with E-state index in [0.717, 1.165) is 6.26 Å². The van der Waals surface area contributed by atoms with Crippen molar-refractivity contribution >= 4 is 15.6 Å². The third-order valence-electron chi connectivity index (χ3n) is 3.22. The molecule has 0 bridgehead atoms. The van der Waals surface area contributed by atoms with E-state index >= 15 is 0 Å². The Hall–Kier alpha value is -1.64. The minimum Gasteiger partial charge on any atom is -0.480 e.